The summed E-state index contributed by atoms with van der Waals surface area (Å²) in [6.07, 6.45) is 4.22. The summed E-state index contributed by atoms with van der Waals surface area (Å²) in [5.74, 6) is -0.961. The number of piperidine rings is 1. The first-order valence-corrected chi connectivity index (χ1v) is 7.40. The second-order valence-corrected chi connectivity index (χ2v) is 5.49. The Bertz CT molecular complexity index is 315. The van der Waals surface area contributed by atoms with E-state index in [4.69, 9.17) is 5.11 Å². The normalized spacial score (nSPS) is 16.9. The van der Waals surface area contributed by atoms with E-state index in [2.05, 4.69) is 17.3 Å². The number of hydrogen-bond acceptors (Lipinski definition) is 4. The van der Waals surface area contributed by atoms with Crippen molar-refractivity contribution >= 4 is 11.8 Å². The highest BCUT2D eigenvalue weighted by Gasteiger charge is 2.27. The van der Waals surface area contributed by atoms with Gasteiger partial charge in [-0.3, -0.25) is 9.59 Å². The Balaban J connectivity index is 2.27. The first-order chi connectivity index (χ1) is 9.56. The molecule has 0 atom stereocenters. The van der Waals surface area contributed by atoms with Gasteiger partial charge in [-0.25, -0.2) is 0 Å². The van der Waals surface area contributed by atoms with Crippen molar-refractivity contribution in [2.24, 2.45) is 0 Å². The molecule has 1 aliphatic rings. The summed E-state index contributed by atoms with van der Waals surface area (Å²) in [6.45, 7) is 2.59. The molecule has 1 rings (SSSR count). The second-order valence-electron chi connectivity index (χ2n) is 5.49. The SMILES string of the molecule is CN1CCC(N(C)C(=O)C(=O)NCCCCCO)CC1. The maximum absolute atomic E-state index is 12.0. The zero-order valence-electron chi connectivity index (χ0n) is 12.6. The number of likely N-dealkylation sites (N-methyl/N-ethyl adjacent to an activating group) is 1. The Labute approximate surface area is 121 Å². The van der Waals surface area contributed by atoms with Crippen LogP contribution in [-0.4, -0.2) is 73.1 Å². The fourth-order valence-corrected chi connectivity index (χ4v) is 2.40. The number of hydrogen-bond donors (Lipinski definition) is 2. The van der Waals surface area contributed by atoms with Gasteiger partial charge in [-0.1, -0.05) is 0 Å². The highest BCUT2D eigenvalue weighted by Crippen LogP contribution is 2.14. The largest absolute Gasteiger partial charge is 0.396 e. The number of unbranched alkanes of at least 4 members (excludes halogenated alkanes) is 2. The van der Waals surface area contributed by atoms with Gasteiger partial charge in [0.25, 0.3) is 0 Å². The van der Waals surface area contributed by atoms with E-state index in [1.807, 2.05) is 0 Å². The van der Waals surface area contributed by atoms with Gasteiger partial charge in [-0.05, 0) is 52.2 Å². The molecule has 0 bridgehead atoms. The van der Waals surface area contributed by atoms with Gasteiger partial charge < -0.3 is 20.2 Å². The fraction of sp³-hybridized carbons (Fsp3) is 0.857. The van der Waals surface area contributed by atoms with Crippen LogP contribution >= 0.6 is 0 Å². The van der Waals surface area contributed by atoms with Crippen molar-refractivity contribution in [1.29, 1.82) is 0 Å². The van der Waals surface area contributed by atoms with Gasteiger partial charge in [-0.15, -0.1) is 0 Å². The predicted molar refractivity (Wildman–Crippen MR) is 77.2 cm³/mol. The standard InChI is InChI=1S/C14H27N3O3/c1-16-9-6-12(7-10-16)17(2)14(20)13(19)15-8-4-3-5-11-18/h12,18H,3-11H2,1-2H3,(H,15,19). The van der Waals surface area contributed by atoms with Crippen LogP contribution in [0.15, 0.2) is 0 Å². The Morgan fingerprint density at radius 2 is 1.90 bits per heavy atom. The Hall–Kier alpha value is -1.14. The molecule has 0 unspecified atom stereocenters. The molecule has 2 N–H and O–H groups in total. The maximum atomic E-state index is 12.0. The Morgan fingerprint density at radius 1 is 1.25 bits per heavy atom. The molecule has 6 nitrogen and oxygen atoms in total. The van der Waals surface area contributed by atoms with Crippen LogP contribution in [0, 0.1) is 0 Å². The summed E-state index contributed by atoms with van der Waals surface area (Å²) >= 11 is 0. The van der Waals surface area contributed by atoms with Crippen molar-refractivity contribution in [3.8, 4) is 0 Å². The number of amides is 2. The molecule has 1 fully saturated rings. The van der Waals surface area contributed by atoms with E-state index in [9.17, 15) is 9.59 Å². The lowest BCUT2D eigenvalue weighted by atomic mass is 10.0. The zero-order chi connectivity index (χ0) is 15.0. The smallest absolute Gasteiger partial charge is 0.311 e. The number of carbonyl (C=O) groups is 2. The van der Waals surface area contributed by atoms with E-state index in [0.717, 1.165) is 45.2 Å². The molecule has 1 saturated heterocycles. The molecule has 0 spiro atoms. The van der Waals surface area contributed by atoms with Crippen molar-refractivity contribution in [1.82, 2.24) is 15.1 Å². The molecule has 0 radical (unpaired) electrons. The van der Waals surface area contributed by atoms with Crippen molar-refractivity contribution in [2.75, 3.05) is 40.3 Å². The van der Waals surface area contributed by atoms with Gasteiger partial charge in [0.05, 0.1) is 0 Å². The molecule has 0 aliphatic carbocycles. The first kappa shape index (κ1) is 16.9. The molecule has 1 aliphatic heterocycles. The van der Waals surface area contributed by atoms with Crippen LogP contribution in [0.4, 0.5) is 0 Å². The second kappa shape index (κ2) is 8.92. The topological polar surface area (TPSA) is 72.9 Å². The van der Waals surface area contributed by atoms with Gasteiger partial charge in [0.1, 0.15) is 0 Å². The minimum atomic E-state index is -0.518. The maximum Gasteiger partial charge on any atom is 0.311 e. The lowest BCUT2D eigenvalue weighted by Gasteiger charge is -2.34. The van der Waals surface area contributed by atoms with E-state index in [0.29, 0.717) is 6.54 Å². The molecule has 6 heteroatoms. The average Bonchev–Trinajstić information content (AvgIpc) is 2.46. The average molecular weight is 285 g/mol. The lowest BCUT2D eigenvalue weighted by molar-refractivity contribution is -0.146. The minimum absolute atomic E-state index is 0.166. The van der Waals surface area contributed by atoms with Crippen molar-refractivity contribution < 1.29 is 14.7 Å². The Kier molecular flexibility index (Phi) is 7.54. The molecular formula is C14H27N3O3. The quantitative estimate of drug-likeness (QED) is 0.524. The van der Waals surface area contributed by atoms with Crippen molar-refractivity contribution in [3.63, 3.8) is 0 Å². The monoisotopic (exact) mass is 285 g/mol. The van der Waals surface area contributed by atoms with Crippen LogP contribution in [-0.2, 0) is 9.59 Å². The van der Waals surface area contributed by atoms with E-state index in [1.54, 1.807) is 11.9 Å². The van der Waals surface area contributed by atoms with Gasteiger partial charge >= 0.3 is 11.8 Å². The summed E-state index contributed by atoms with van der Waals surface area (Å²) < 4.78 is 0. The number of aliphatic hydroxyl groups excluding tert-OH is 1. The zero-order valence-corrected chi connectivity index (χ0v) is 12.6. The number of carbonyl (C=O) groups excluding carboxylic acids is 2. The van der Waals surface area contributed by atoms with E-state index in [-0.39, 0.29) is 12.6 Å². The van der Waals surface area contributed by atoms with Crippen molar-refractivity contribution in [2.45, 2.75) is 38.1 Å². The number of rotatable bonds is 6. The molecule has 0 aromatic rings. The molecule has 116 valence electrons. The molecular weight excluding hydrogens is 258 g/mol. The van der Waals surface area contributed by atoms with Gasteiger partial charge in [0, 0.05) is 26.2 Å². The summed E-state index contributed by atoms with van der Waals surface area (Å²) in [5.41, 5.74) is 0. The number of likely N-dealkylation sites (tertiary alicyclic amines) is 1. The minimum Gasteiger partial charge on any atom is -0.396 e. The fourth-order valence-electron chi connectivity index (χ4n) is 2.40. The highest BCUT2D eigenvalue weighted by atomic mass is 16.3. The molecule has 0 aromatic heterocycles. The molecule has 0 saturated carbocycles. The van der Waals surface area contributed by atoms with Crippen LogP contribution in [0.5, 0.6) is 0 Å². The molecule has 20 heavy (non-hydrogen) atoms. The van der Waals surface area contributed by atoms with E-state index < -0.39 is 11.8 Å². The third-order valence-corrected chi connectivity index (χ3v) is 3.87. The summed E-state index contributed by atoms with van der Waals surface area (Å²) in [7, 11) is 3.78. The summed E-state index contributed by atoms with van der Waals surface area (Å²) in [6, 6.07) is 0.166. The predicted octanol–water partition coefficient (Wildman–Crippen LogP) is -0.182. The van der Waals surface area contributed by atoms with Crippen LogP contribution < -0.4 is 5.32 Å². The molecule has 2 amide bonds. The molecule has 1 heterocycles. The van der Waals surface area contributed by atoms with Gasteiger partial charge in [0.2, 0.25) is 0 Å². The van der Waals surface area contributed by atoms with Gasteiger partial charge in [0.15, 0.2) is 0 Å². The van der Waals surface area contributed by atoms with Gasteiger partial charge in [-0.2, -0.15) is 0 Å². The van der Waals surface area contributed by atoms with Crippen LogP contribution in [0.2, 0.25) is 0 Å². The van der Waals surface area contributed by atoms with Crippen LogP contribution in [0.3, 0.4) is 0 Å². The third kappa shape index (κ3) is 5.46. The van der Waals surface area contributed by atoms with E-state index in [1.165, 1.54) is 0 Å². The van der Waals surface area contributed by atoms with Crippen LogP contribution in [0.1, 0.15) is 32.1 Å². The van der Waals surface area contributed by atoms with Crippen LogP contribution in [0.25, 0.3) is 0 Å². The molecule has 0 aromatic carbocycles. The van der Waals surface area contributed by atoms with Crippen molar-refractivity contribution in [3.05, 3.63) is 0 Å². The number of nitrogens with one attached hydrogen (secondary N) is 1. The summed E-state index contributed by atoms with van der Waals surface area (Å²) in [5, 5.41) is 11.3. The third-order valence-electron chi connectivity index (χ3n) is 3.87. The summed E-state index contributed by atoms with van der Waals surface area (Å²) in [4.78, 5) is 27.6. The van der Waals surface area contributed by atoms with E-state index >= 15 is 0 Å². The first-order valence-electron chi connectivity index (χ1n) is 7.40. The number of aliphatic hydroxyl groups is 1. The highest BCUT2D eigenvalue weighted by molar-refractivity contribution is 6.35. The number of nitrogens with zero attached hydrogens (tertiary/aromatic N) is 2. The Morgan fingerprint density at radius 3 is 2.50 bits per heavy atom. The lowest BCUT2D eigenvalue weighted by Crippen LogP contribution is -2.49.